The van der Waals surface area contributed by atoms with Crippen LogP contribution in [0.15, 0.2) is 231 Å². The predicted molar refractivity (Wildman–Crippen MR) is 247 cm³/mol. The molecular formula is C56H38N2. The van der Waals surface area contributed by atoms with Crippen molar-refractivity contribution in [1.82, 2.24) is 4.57 Å². The van der Waals surface area contributed by atoms with Crippen molar-refractivity contribution < 1.29 is 0 Å². The summed E-state index contributed by atoms with van der Waals surface area (Å²) in [6.07, 6.45) is 0. The van der Waals surface area contributed by atoms with E-state index in [4.69, 9.17) is 0 Å². The molecule has 0 radical (unpaired) electrons. The van der Waals surface area contributed by atoms with Crippen LogP contribution in [-0.4, -0.2) is 4.57 Å². The molecule has 0 unspecified atom stereocenters. The standard InChI is InChI=1S/C56H38N2/c1-4-17-39(18-5-1)44-31-33-50(48-29-16-24-40-21-12-13-27-47(40)48)54(37-44)57(45-25-8-3-9-26-45)46-32-34-51-49-28-14-15-30-53(49)58(56(51)38-46)55-36-43-23-11-10-22-42(43)35-52(55)41-19-6-2-7-20-41/h1-38H. The predicted octanol–water partition coefficient (Wildman–Crippen LogP) is 15.6. The summed E-state index contributed by atoms with van der Waals surface area (Å²) >= 11 is 0. The maximum absolute atomic E-state index is 2.48. The molecule has 0 saturated heterocycles. The zero-order chi connectivity index (χ0) is 38.4. The highest BCUT2D eigenvalue weighted by Gasteiger charge is 2.23. The van der Waals surface area contributed by atoms with Crippen LogP contribution in [0.5, 0.6) is 0 Å². The summed E-state index contributed by atoms with van der Waals surface area (Å²) in [6, 6.07) is 83.9. The van der Waals surface area contributed by atoms with Gasteiger partial charge in [-0.2, -0.15) is 0 Å². The fraction of sp³-hybridized carbons (Fsp3) is 0. The van der Waals surface area contributed by atoms with Gasteiger partial charge in [0, 0.05) is 33.3 Å². The summed E-state index contributed by atoms with van der Waals surface area (Å²) in [5, 5.41) is 7.33. The summed E-state index contributed by atoms with van der Waals surface area (Å²) in [4.78, 5) is 2.45. The molecule has 11 aromatic rings. The third kappa shape index (κ3) is 5.74. The van der Waals surface area contributed by atoms with Crippen LogP contribution in [0.4, 0.5) is 17.1 Å². The van der Waals surface area contributed by atoms with E-state index in [1.54, 1.807) is 0 Å². The number of anilines is 3. The lowest BCUT2D eigenvalue weighted by molar-refractivity contribution is 1.18. The maximum Gasteiger partial charge on any atom is 0.0562 e. The molecule has 1 heterocycles. The molecule has 0 bridgehead atoms. The van der Waals surface area contributed by atoms with Gasteiger partial charge in [0.15, 0.2) is 0 Å². The quantitative estimate of drug-likeness (QED) is 0.158. The number of fused-ring (bicyclic) bond motifs is 5. The first-order valence-corrected chi connectivity index (χ1v) is 19.9. The van der Waals surface area contributed by atoms with E-state index >= 15 is 0 Å². The average molecular weight is 739 g/mol. The number of aromatic nitrogens is 1. The molecule has 58 heavy (non-hydrogen) atoms. The van der Waals surface area contributed by atoms with Crippen molar-refractivity contribution in [2.24, 2.45) is 0 Å². The van der Waals surface area contributed by atoms with E-state index in [-0.39, 0.29) is 0 Å². The largest absolute Gasteiger partial charge is 0.310 e. The van der Waals surface area contributed by atoms with E-state index in [1.807, 2.05) is 0 Å². The molecule has 0 saturated carbocycles. The van der Waals surface area contributed by atoms with Gasteiger partial charge in [0.1, 0.15) is 0 Å². The fourth-order valence-electron chi connectivity index (χ4n) is 8.84. The Morgan fingerprint density at radius 2 is 0.897 bits per heavy atom. The lowest BCUT2D eigenvalue weighted by Crippen LogP contribution is -2.11. The van der Waals surface area contributed by atoms with Gasteiger partial charge in [-0.1, -0.05) is 182 Å². The minimum absolute atomic E-state index is 1.08. The summed E-state index contributed by atoms with van der Waals surface area (Å²) in [6.45, 7) is 0. The van der Waals surface area contributed by atoms with Crippen molar-refractivity contribution in [3.63, 3.8) is 0 Å². The van der Waals surface area contributed by atoms with Crippen LogP contribution >= 0.6 is 0 Å². The van der Waals surface area contributed by atoms with Crippen LogP contribution in [0.3, 0.4) is 0 Å². The fourth-order valence-corrected chi connectivity index (χ4v) is 8.84. The lowest BCUT2D eigenvalue weighted by Gasteiger charge is -2.29. The van der Waals surface area contributed by atoms with Crippen molar-refractivity contribution in [2.75, 3.05) is 4.90 Å². The third-order valence-electron chi connectivity index (χ3n) is 11.5. The lowest BCUT2D eigenvalue weighted by atomic mass is 9.93. The minimum atomic E-state index is 1.08. The molecule has 0 spiro atoms. The molecule has 2 nitrogen and oxygen atoms in total. The highest BCUT2D eigenvalue weighted by atomic mass is 15.1. The first-order valence-electron chi connectivity index (χ1n) is 19.9. The van der Waals surface area contributed by atoms with E-state index in [0.29, 0.717) is 0 Å². The second-order valence-electron chi connectivity index (χ2n) is 14.9. The average Bonchev–Trinajstić information content (AvgIpc) is 3.63. The molecular weight excluding hydrogens is 701 g/mol. The molecule has 0 atom stereocenters. The first-order chi connectivity index (χ1) is 28.8. The Balaban J connectivity index is 1.22. The highest BCUT2D eigenvalue weighted by molar-refractivity contribution is 6.12. The summed E-state index contributed by atoms with van der Waals surface area (Å²) in [7, 11) is 0. The molecule has 0 aliphatic rings. The number of benzene rings is 10. The third-order valence-corrected chi connectivity index (χ3v) is 11.5. The van der Waals surface area contributed by atoms with Gasteiger partial charge < -0.3 is 9.47 Å². The second-order valence-corrected chi connectivity index (χ2v) is 14.9. The van der Waals surface area contributed by atoms with E-state index in [9.17, 15) is 0 Å². The zero-order valence-corrected chi connectivity index (χ0v) is 31.8. The van der Waals surface area contributed by atoms with E-state index in [1.165, 1.54) is 71.2 Å². The molecule has 272 valence electrons. The molecule has 1 aromatic heterocycles. The number of hydrogen-bond acceptors (Lipinski definition) is 1. The number of para-hydroxylation sites is 2. The van der Waals surface area contributed by atoms with Crippen molar-refractivity contribution in [3.8, 4) is 39.1 Å². The maximum atomic E-state index is 2.48. The Kier molecular flexibility index (Phi) is 8.19. The van der Waals surface area contributed by atoms with Crippen molar-refractivity contribution >= 4 is 60.4 Å². The summed E-state index contributed by atoms with van der Waals surface area (Å²) in [5.74, 6) is 0. The molecule has 0 amide bonds. The summed E-state index contributed by atoms with van der Waals surface area (Å²) in [5.41, 5.74) is 13.9. The monoisotopic (exact) mass is 738 g/mol. The Morgan fingerprint density at radius 3 is 1.67 bits per heavy atom. The molecule has 0 aliphatic heterocycles. The Morgan fingerprint density at radius 1 is 0.293 bits per heavy atom. The van der Waals surface area contributed by atoms with Gasteiger partial charge in [-0.25, -0.2) is 0 Å². The molecule has 2 heteroatoms. The first kappa shape index (κ1) is 33.6. The van der Waals surface area contributed by atoms with Gasteiger partial charge in [-0.3, -0.25) is 0 Å². The van der Waals surface area contributed by atoms with Crippen LogP contribution in [0.25, 0.3) is 82.4 Å². The van der Waals surface area contributed by atoms with Gasteiger partial charge in [0.2, 0.25) is 0 Å². The van der Waals surface area contributed by atoms with Crippen LogP contribution in [0, 0.1) is 0 Å². The van der Waals surface area contributed by atoms with Gasteiger partial charge in [0.05, 0.1) is 22.4 Å². The molecule has 0 N–H and O–H groups in total. The molecule has 0 fully saturated rings. The second kappa shape index (κ2) is 14.1. The van der Waals surface area contributed by atoms with Crippen LogP contribution < -0.4 is 4.90 Å². The van der Waals surface area contributed by atoms with Gasteiger partial charge in [-0.15, -0.1) is 0 Å². The highest BCUT2D eigenvalue weighted by Crippen LogP contribution is 2.46. The molecule has 10 aromatic carbocycles. The number of hydrogen-bond donors (Lipinski definition) is 0. The zero-order valence-electron chi connectivity index (χ0n) is 31.8. The topological polar surface area (TPSA) is 8.17 Å². The van der Waals surface area contributed by atoms with Crippen LogP contribution in [0.2, 0.25) is 0 Å². The normalized spacial score (nSPS) is 11.4. The van der Waals surface area contributed by atoms with Gasteiger partial charge in [-0.05, 0) is 92.3 Å². The molecule has 11 rings (SSSR count). The van der Waals surface area contributed by atoms with Crippen molar-refractivity contribution in [3.05, 3.63) is 231 Å². The van der Waals surface area contributed by atoms with E-state index in [0.717, 1.165) is 28.3 Å². The Hall–Kier alpha value is -7.68. The van der Waals surface area contributed by atoms with Crippen molar-refractivity contribution in [2.45, 2.75) is 0 Å². The number of nitrogens with zero attached hydrogens (tertiary/aromatic N) is 2. The minimum Gasteiger partial charge on any atom is -0.310 e. The van der Waals surface area contributed by atoms with Crippen LogP contribution in [-0.2, 0) is 0 Å². The summed E-state index contributed by atoms with van der Waals surface area (Å²) < 4.78 is 2.48. The van der Waals surface area contributed by atoms with Gasteiger partial charge >= 0.3 is 0 Å². The van der Waals surface area contributed by atoms with Crippen molar-refractivity contribution in [1.29, 1.82) is 0 Å². The Bertz CT molecular complexity index is 3270. The van der Waals surface area contributed by atoms with Gasteiger partial charge in [0.25, 0.3) is 0 Å². The molecule has 0 aliphatic carbocycles. The van der Waals surface area contributed by atoms with E-state index in [2.05, 4.69) is 240 Å². The number of rotatable bonds is 7. The Labute approximate surface area is 338 Å². The van der Waals surface area contributed by atoms with E-state index < -0.39 is 0 Å². The SMILES string of the molecule is c1ccc(-c2ccc(-c3cccc4ccccc34)c(N(c3ccccc3)c3ccc4c5ccccc5n(-c5cc6ccccc6cc5-c5ccccc5)c4c3)c2)cc1. The smallest absolute Gasteiger partial charge is 0.0562 e. The van der Waals surface area contributed by atoms with Crippen LogP contribution in [0.1, 0.15) is 0 Å².